The fraction of sp³-hybridized carbons (Fsp3) is 0.545. The van der Waals surface area contributed by atoms with Crippen LogP contribution in [0.2, 0.25) is 0 Å². The highest BCUT2D eigenvalue weighted by Crippen LogP contribution is 2.34. The third kappa shape index (κ3) is 8.86. The number of hydrogen-bond acceptors (Lipinski definition) is 6. The van der Waals surface area contributed by atoms with Gasteiger partial charge in [0.05, 0.1) is 5.69 Å². The number of anilines is 1. The number of carbonyl (C=O) groups excluding carboxylic acids is 1. The van der Waals surface area contributed by atoms with Gasteiger partial charge in [-0.2, -0.15) is 0 Å². The van der Waals surface area contributed by atoms with Crippen LogP contribution < -0.4 is 5.32 Å². The molecule has 0 saturated carbocycles. The van der Waals surface area contributed by atoms with E-state index in [4.69, 9.17) is 0 Å². The molecule has 2 aromatic heterocycles. The number of rotatable bonds is 13. The normalized spacial score (nSPS) is 11.3. The average Bonchev–Trinajstić information content (AvgIpc) is 3.17. The van der Waals surface area contributed by atoms with Gasteiger partial charge < -0.3 is 15.3 Å². The minimum absolute atomic E-state index is 0.126. The van der Waals surface area contributed by atoms with E-state index < -0.39 is 10.7 Å². The molecule has 2 amide bonds. The maximum Gasteiger partial charge on any atom is 0.321 e. The first-order chi connectivity index (χ1) is 14.8. The van der Waals surface area contributed by atoms with Crippen molar-refractivity contribution in [3.63, 3.8) is 0 Å². The SMILES string of the molecule is CCCCCCCN(CCc1csc(SC(C)(C)C(=O)O)n1)C(=O)Nc1ccncc1. The monoisotopic (exact) mass is 464 g/mol. The predicted molar refractivity (Wildman–Crippen MR) is 127 cm³/mol. The van der Waals surface area contributed by atoms with Crippen LogP contribution in [0.25, 0.3) is 0 Å². The Bertz CT molecular complexity index is 827. The van der Waals surface area contributed by atoms with Gasteiger partial charge in [0.1, 0.15) is 4.75 Å². The first-order valence-corrected chi connectivity index (χ1v) is 12.3. The van der Waals surface area contributed by atoms with Crippen LogP contribution in [-0.4, -0.2) is 49.8 Å². The number of nitrogens with zero attached hydrogens (tertiary/aromatic N) is 3. The van der Waals surface area contributed by atoms with Gasteiger partial charge in [0.2, 0.25) is 0 Å². The van der Waals surface area contributed by atoms with Crippen LogP contribution in [0.4, 0.5) is 10.5 Å². The fourth-order valence-corrected chi connectivity index (χ4v) is 5.05. The lowest BCUT2D eigenvalue weighted by atomic mass is 10.1. The van der Waals surface area contributed by atoms with E-state index in [2.05, 4.69) is 22.2 Å². The number of carbonyl (C=O) groups is 2. The van der Waals surface area contributed by atoms with Crippen molar-refractivity contribution in [1.29, 1.82) is 0 Å². The van der Waals surface area contributed by atoms with Crippen LogP contribution in [0.5, 0.6) is 0 Å². The number of hydrogen-bond donors (Lipinski definition) is 2. The molecule has 0 aliphatic carbocycles. The smallest absolute Gasteiger partial charge is 0.321 e. The van der Waals surface area contributed by atoms with E-state index >= 15 is 0 Å². The lowest BCUT2D eigenvalue weighted by molar-refractivity contribution is -0.138. The molecule has 0 bridgehead atoms. The number of aliphatic carboxylic acids is 1. The number of carboxylic acid groups (broad SMARTS) is 1. The maximum atomic E-state index is 12.8. The summed E-state index contributed by atoms with van der Waals surface area (Å²) in [5.74, 6) is -0.865. The van der Waals surface area contributed by atoms with Gasteiger partial charge in [-0.1, -0.05) is 44.4 Å². The summed E-state index contributed by atoms with van der Waals surface area (Å²) < 4.78 is -0.195. The van der Waals surface area contributed by atoms with Crippen LogP contribution in [0.15, 0.2) is 34.2 Å². The molecule has 0 aromatic carbocycles. The summed E-state index contributed by atoms with van der Waals surface area (Å²) in [6.45, 7) is 6.78. The first kappa shape index (κ1) is 25.1. The Morgan fingerprint density at radius 2 is 1.87 bits per heavy atom. The molecular formula is C22H32N4O3S2. The molecule has 7 nitrogen and oxygen atoms in total. The maximum absolute atomic E-state index is 12.8. The molecule has 2 aromatic rings. The molecule has 2 heterocycles. The molecule has 0 radical (unpaired) electrons. The standard InChI is InChI=1S/C22H32N4O3S2/c1-4-5-6-7-8-14-26(20(29)24-17-9-12-23-13-10-17)15-11-18-16-30-21(25-18)31-22(2,3)19(27)28/h9-10,12-13,16H,4-8,11,14-15H2,1-3H3,(H,27,28)(H,23,24,29). The van der Waals surface area contributed by atoms with E-state index in [0.717, 1.165) is 28.6 Å². The lowest BCUT2D eigenvalue weighted by Crippen LogP contribution is -2.37. The second kappa shape index (κ2) is 12.7. The van der Waals surface area contributed by atoms with Crippen molar-refractivity contribution in [2.45, 2.75) is 68.4 Å². The van der Waals surface area contributed by atoms with Gasteiger partial charge in [-0.15, -0.1) is 11.3 Å². The Labute approximate surface area is 192 Å². The summed E-state index contributed by atoms with van der Waals surface area (Å²) in [5.41, 5.74) is 1.60. The minimum atomic E-state index is -0.927. The summed E-state index contributed by atoms with van der Waals surface area (Å²) in [7, 11) is 0. The van der Waals surface area contributed by atoms with E-state index in [9.17, 15) is 14.7 Å². The van der Waals surface area contributed by atoms with Crippen molar-refractivity contribution in [2.75, 3.05) is 18.4 Å². The van der Waals surface area contributed by atoms with Crippen LogP contribution in [0, 0.1) is 0 Å². The number of aromatic nitrogens is 2. The van der Waals surface area contributed by atoms with Gasteiger partial charge in [0.15, 0.2) is 4.34 Å². The number of carboxylic acids is 1. The third-order valence-electron chi connectivity index (χ3n) is 4.78. The van der Waals surface area contributed by atoms with Crippen LogP contribution in [-0.2, 0) is 11.2 Å². The molecular weight excluding hydrogens is 432 g/mol. The number of unbranched alkanes of at least 4 members (excludes halogenated alkanes) is 4. The summed E-state index contributed by atoms with van der Waals surface area (Å²) in [6, 6.07) is 3.41. The van der Waals surface area contributed by atoms with Crippen molar-refractivity contribution < 1.29 is 14.7 Å². The van der Waals surface area contributed by atoms with Crippen LogP contribution in [0.1, 0.15) is 58.6 Å². The molecule has 31 heavy (non-hydrogen) atoms. The van der Waals surface area contributed by atoms with Gasteiger partial charge in [0, 0.05) is 43.0 Å². The Kier molecular flexibility index (Phi) is 10.3. The van der Waals surface area contributed by atoms with E-state index in [1.54, 1.807) is 38.4 Å². The first-order valence-electron chi connectivity index (χ1n) is 10.6. The molecule has 9 heteroatoms. The molecule has 0 spiro atoms. The predicted octanol–water partition coefficient (Wildman–Crippen LogP) is 5.54. The number of thioether (sulfide) groups is 1. The Balaban J connectivity index is 1.95. The zero-order chi connectivity index (χ0) is 22.7. The third-order valence-corrected chi connectivity index (χ3v) is 6.95. The second-order valence-corrected chi connectivity index (χ2v) is 10.6. The average molecular weight is 465 g/mol. The van der Waals surface area contributed by atoms with Crippen LogP contribution in [0.3, 0.4) is 0 Å². The number of pyridine rings is 1. The van der Waals surface area contributed by atoms with Crippen molar-refractivity contribution in [2.24, 2.45) is 0 Å². The topological polar surface area (TPSA) is 95.4 Å². The van der Waals surface area contributed by atoms with Crippen molar-refractivity contribution >= 4 is 40.8 Å². The van der Waals surface area contributed by atoms with Crippen molar-refractivity contribution in [3.05, 3.63) is 35.6 Å². The highest BCUT2D eigenvalue weighted by atomic mass is 32.2. The van der Waals surface area contributed by atoms with Crippen molar-refractivity contribution in [3.8, 4) is 0 Å². The molecule has 0 saturated heterocycles. The number of thiazole rings is 1. The summed E-state index contributed by atoms with van der Waals surface area (Å²) in [6.07, 6.45) is 9.59. The highest BCUT2D eigenvalue weighted by molar-refractivity contribution is 8.02. The van der Waals surface area contributed by atoms with Gasteiger partial charge in [-0.3, -0.25) is 9.78 Å². The summed E-state index contributed by atoms with van der Waals surface area (Å²) in [4.78, 5) is 34.5. The lowest BCUT2D eigenvalue weighted by Gasteiger charge is -2.23. The van der Waals surface area contributed by atoms with E-state index in [0.29, 0.717) is 19.5 Å². The Hall–Kier alpha value is -2.13. The number of amides is 2. The molecule has 2 N–H and O–H groups in total. The summed E-state index contributed by atoms with van der Waals surface area (Å²) >= 11 is 2.69. The number of nitrogens with one attached hydrogen (secondary N) is 1. The van der Waals surface area contributed by atoms with Gasteiger partial charge in [-0.25, -0.2) is 9.78 Å². The van der Waals surface area contributed by atoms with Gasteiger partial charge in [0.25, 0.3) is 0 Å². The minimum Gasteiger partial charge on any atom is -0.480 e. The Morgan fingerprint density at radius 3 is 2.55 bits per heavy atom. The molecule has 0 unspecified atom stereocenters. The van der Waals surface area contributed by atoms with E-state index in [1.165, 1.54) is 42.4 Å². The van der Waals surface area contributed by atoms with Crippen molar-refractivity contribution in [1.82, 2.24) is 14.9 Å². The van der Waals surface area contributed by atoms with Gasteiger partial charge >= 0.3 is 12.0 Å². The zero-order valence-corrected chi connectivity index (χ0v) is 20.1. The Morgan fingerprint density at radius 1 is 1.16 bits per heavy atom. The molecule has 0 aliphatic heterocycles. The molecule has 170 valence electrons. The van der Waals surface area contributed by atoms with Crippen LogP contribution >= 0.6 is 23.1 Å². The highest BCUT2D eigenvalue weighted by Gasteiger charge is 2.29. The fourth-order valence-electron chi connectivity index (χ4n) is 2.82. The zero-order valence-electron chi connectivity index (χ0n) is 18.5. The largest absolute Gasteiger partial charge is 0.480 e. The second-order valence-electron chi connectivity index (χ2n) is 7.84. The summed E-state index contributed by atoms with van der Waals surface area (Å²) in [5, 5.41) is 14.2. The van der Waals surface area contributed by atoms with E-state index in [1.807, 2.05) is 10.3 Å². The molecule has 0 fully saturated rings. The molecule has 0 atom stereocenters. The number of urea groups is 1. The molecule has 2 rings (SSSR count). The quantitative estimate of drug-likeness (QED) is 0.298. The van der Waals surface area contributed by atoms with Gasteiger partial charge in [-0.05, 0) is 32.4 Å². The molecule has 0 aliphatic rings. The van der Waals surface area contributed by atoms with E-state index in [-0.39, 0.29) is 6.03 Å².